The maximum absolute atomic E-state index is 5.35. The van der Waals surface area contributed by atoms with Gasteiger partial charge < -0.3 is 14.6 Å². The van der Waals surface area contributed by atoms with Gasteiger partial charge in [-0.05, 0) is 13.0 Å². The van der Waals surface area contributed by atoms with Crippen molar-refractivity contribution in [3.63, 3.8) is 0 Å². The zero-order valence-corrected chi connectivity index (χ0v) is 9.45. The molecule has 0 fully saturated rings. The van der Waals surface area contributed by atoms with Crippen LogP contribution in [0.25, 0.3) is 0 Å². The molecule has 0 aliphatic heterocycles. The summed E-state index contributed by atoms with van der Waals surface area (Å²) in [5.74, 6) is 1.33. The van der Waals surface area contributed by atoms with Gasteiger partial charge in [-0.25, -0.2) is 0 Å². The molecule has 0 aromatic carbocycles. The minimum Gasteiger partial charge on any atom is -0.370 e. The molecule has 0 unspecified atom stereocenters. The lowest BCUT2D eigenvalue weighted by Crippen LogP contribution is -2.18. The SMILES string of the molecule is CCCc1noc(COCCNCC)n1. The number of hydrogen-bond acceptors (Lipinski definition) is 5. The third-order valence-corrected chi connectivity index (χ3v) is 1.88. The highest BCUT2D eigenvalue weighted by Gasteiger charge is 2.04. The molecule has 0 bridgehead atoms. The Hall–Kier alpha value is -0.940. The maximum atomic E-state index is 5.35. The zero-order chi connectivity index (χ0) is 10.9. The number of hydrogen-bond donors (Lipinski definition) is 1. The maximum Gasteiger partial charge on any atom is 0.252 e. The van der Waals surface area contributed by atoms with Crippen LogP contribution in [0.1, 0.15) is 32.0 Å². The van der Waals surface area contributed by atoms with Gasteiger partial charge in [-0.2, -0.15) is 4.98 Å². The van der Waals surface area contributed by atoms with Crippen molar-refractivity contribution in [2.75, 3.05) is 19.7 Å². The molecule has 5 heteroatoms. The molecule has 0 radical (unpaired) electrons. The van der Waals surface area contributed by atoms with Crippen LogP contribution >= 0.6 is 0 Å². The highest BCUT2D eigenvalue weighted by atomic mass is 16.5. The van der Waals surface area contributed by atoms with Crippen molar-refractivity contribution in [3.8, 4) is 0 Å². The van der Waals surface area contributed by atoms with Crippen LogP contribution in [-0.2, 0) is 17.8 Å². The van der Waals surface area contributed by atoms with Gasteiger partial charge in [0.05, 0.1) is 6.61 Å². The molecule has 0 saturated carbocycles. The van der Waals surface area contributed by atoms with Crippen molar-refractivity contribution < 1.29 is 9.26 Å². The first-order valence-electron chi connectivity index (χ1n) is 5.46. The van der Waals surface area contributed by atoms with Crippen molar-refractivity contribution >= 4 is 0 Å². The molecule has 1 aromatic rings. The van der Waals surface area contributed by atoms with Crippen LogP contribution in [0.2, 0.25) is 0 Å². The normalized spacial score (nSPS) is 10.8. The van der Waals surface area contributed by atoms with E-state index in [9.17, 15) is 0 Å². The lowest BCUT2D eigenvalue weighted by molar-refractivity contribution is 0.0997. The van der Waals surface area contributed by atoms with E-state index in [1.165, 1.54) is 0 Å². The molecule has 0 atom stereocenters. The number of aryl methyl sites for hydroxylation is 1. The highest BCUT2D eigenvalue weighted by Crippen LogP contribution is 2.01. The summed E-state index contributed by atoms with van der Waals surface area (Å²) in [7, 11) is 0. The summed E-state index contributed by atoms with van der Waals surface area (Å²) in [4.78, 5) is 4.19. The summed E-state index contributed by atoms with van der Waals surface area (Å²) >= 11 is 0. The van der Waals surface area contributed by atoms with Crippen LogP contribution in [-0.4, -0.2) is 29.8 Å². The van der Waals surface area contributed by atoms with Gasteiger partial charge in [-0.15, -0.1) is 0 Å². The largest absolute Gasteiger partial charge is 0.370 e. The van der Waals surface area contributed by atoms with Gasteiger partial charge in [0.1, 0.15) is 6.61 Å². The molecular formula is C10H19N3O2. The second kappa shape index (κ2) is 7.36. The van der Waals surface area contributed by atoms with Gasteiger partial charge in [0.15, 0.2) is 5.82 Å². The van der Waals surface area contributed by atoms with E-state index < -0.39 is 0 Å². The first-order chi connectivity index (χ1) is 7.36. The third kappa shape index (κ3) is 4.90. The minimum absolute atomic E-state index is 0.405. The molecule has 15 heavy (non-hydrogen) atoms. The Balaban J connectivity index is 2.14. The monoisotopic (exact) mass is 213 g/mol. The van der Waals surface area contributed by atoms with E-state index in [2.05, 4.69) is 29.3 Å². The summed E-state index contributed by atoms with van der Waals surface area (Å²) in [6.07, 6.45) is 1.89. The van der Waals surface area contributed by atoms with Gasteiger partial charge in [-0.3, -0.25) is 0 Å². The van der Waals surface area contributed by atoms with E-state index in [0.29, 0.717) is 19.1 Å². The molecule has 0 amide bonds. The second-order valence-electron chi connectivity index (χ2n) is 3.26. The van der Waals surface area contributed by atoms with E-state index in [1.54, 1.807) is 0 Å². The molecular weight excluding hydrogens is 194 g/mol. The van der Waals surface area contributed by atoms with Gasteiger partial charge >= 0.3 is 0 Å². The van der Waals surface area contributed by atoms with E-state index in [4.69, 9.17) is 9.26 Å². The molecule has 1 heterocycles. The Morgan fingerprint density at radius 1 is 1.40 bits per heavy atom. The third-order valence-electron chi connectivity index (χ3n) is 1.88. The Kier molecular flexibility index (Phi) is 5.96. The van der Waals surface area contributed by atoms with Gasteiger partial charge in [0.25, 0.3) is 5.89 Å². The topological polar surface area (TPSA) is 60.2 Å². The molecule has 5 nitrogen and oxygen atoms in total. The average molecular weight is 213 g/mol. The van der Waals surface area contributed by atoms with Gasteiger partial charge in [-0.1, -0.05) is 19.0 Å². The Labute approximate surface area is 90.2 Å². The molecule has 1 N–H and O–H groups in total. The lowest BCUT2D eigenvalue weighted by atomic mass is 10.3. The number of nitrogens with one attached hydrogen (secondary N) is 1. The summed E-state index contributed by atoms with van der Waals surface area (Å²) in [6, 6.07) is 0. The molecule has 86 valence electrons. The number of ether oxygens (including phenoxy) is 1. The summed E-state index contributed by atoms with van der Waals surface area (Å²) in [5.41, 5.74) is 0. The van der Waals surface area contributed by atoms with Crippen LogP contribution in [0.15, 0.2) is 4.52 Å². The summed E-state index contributed by atoms with van der Waals surface area (Å²) in [5, 5.41) is 7.01. The van der Waals surface area contributed by atoms with Crippen molar-refractivity contribution in [2.45, 2.75) is 33.3 Å². The Morgan fingerprint density at radius 3 is 3.00 bits per heavy atom. The van der Waals surface area contributed by atoms with Crippen molar-refractivity contribution in [1.29, 1.82) is 0 Å². The fourth-order valence-electron chi connectivity index (χ4n) is 1.15. The summed E-state index contributed by atoms with van der Waals surface area (Å²) < 4.78 is 10.4. The van der Waals surface area contributed by atoms with Crippen molar-refractivity contribution in [3.05, 3.63) is 11.7 Å². The van der Waals surface area contributed by atoms with E-state index in [0.717, 1.165) is 31.8 Å². The van der Waals surface area contributed by atoms with Crippen LogP contribution < -0.4 is 5.32 Å². The van der Waals surface area contributed by atoms with E-state index >= 15 is 0 Å². The molecule has 0 aliphatic carbocycles. The number of likely N-dealkylation sites (N-methyl/N-ethyl adjacent to an activating group) is 1. The van der Waals surface area contributed by atoms with Gasteiger partial charge in [0, 0.05) is 13.0 Å². The van der Waals surface area contributed by atoms with Crippen LogP contribution in [0.5, 0.6) is 0 Å². The first-order valence-corrected chi connectivity index (χ1v) is 5.46. The number of rotatable bonds is 8. The highest BCUT2D eigenvalue weighted by molar-refractivity contribution is 4.84. The fourth-order valence-corrected chi connectivity index (χ4v) is 1.15. The van der Waals surface area contributed by atoms with Crippen molar-refractivity contribution in [1.82, 2.24) is 15.5 Å². The van der Waals surface area contributed by atoms with Crippen LogP contribution in [0, 0.1) is 0 Å². The van der Waals surface area contributed by atoms with Crippen molar-refractivity contribution in [2.24, 2.45) is 0 Å². The zero-order valence-electron chi connectivity index (χ0n) is 9.45. The van der Waals surface area contributed by atoms with Crippen LogP contribution in [0.3, 0.4) is 0 Å². The Morgan fingerprint density at radius 2 is 2.27 bits per heavy atom. The summed E-state index contributed by atoms with van der Waals surface area (Å²) in [6.45, 7) is 7.04. The van der Waals surface area contributed by atoms with E-state index in [-0.39, 0.29) is 0 Å². The molecule has 0 saturated heterocycles. The number of nitrogens with zero attached hydrogens (tertiary/aromatic N) is 2. The lowest BCUT2D eigenvalue weighted by Gasteiger charge is -2.00. The smallest absolute Gasteiger partial charge is 0.252 e. The van der Waals surface area contributed by atoms with Gasteiger partial charge in [0.2, 0.25) is 0 Å². The predicted molar refractivity (Wildman–Crippen MR) is 56.5 cm³/mol. The first kappa shape index (κ1) is 12.1. The predicted octanol–water partition coefficient (Wildman–Crippen LogP) is 1.15. The second-order valence-corrected chi connectivity index (χ2v) is 3.26. The molecule has 0 spiro atoms. The van der Waals surface area contributed by atoms with Crippen LogP contribution in [0.4, 0.5) is 0 Å². The molecule has 1 aromatic heterocycles. The molecule has 1 rings (SSSR count). The quantitative estimate of drug-likeness (QED) is 0.656. The standard InChI is InChI=1S/C10H19N3O2/c1-3-5-9-12-10(15-13-9)8-14-7-6-11-4-2/h11H,3-8H2,1-2H3. The van der Waals surface area contributed by atoms with E-state index in [1.807, 2.05) is 0 Å². The average Bonchev–Trinajstić information content (AvgIpc) is 2.66. The number of aromatic nitrogens is 2. The minimum atomic E-state index is 0.405. The molecule has 0 aliphatic rings. The fraction of sp³-hybridized carbons (Fsp3) is 0.800. The Bertz CT molecular complexity index is 263.